The maximum absolute atomic E-state index is 12.4. The van der Waals surface area contributed by atoms with E-state index < -0.39 is 37.1 Å². The number of hydrogen-bond donors (Lipinski definition) is 2. The predicted octanol–water partition coefficient (Wildman–Crippen LogP) is 2.52. The minimum atomic E-state index is -5.02. The average Bonchev–Trinajstić information content (AvgIpc) is 2.78. The Kier molecular flexibility index (Phi) is 5.69. The molecule has 1 aromatic heterocycles. The van der Waals surface area contributed by atoms with Gasteiger partial charge in [-0.2, -0.15) is 16.8 Å². The molecule has 0 fully saturated rings. The van der Waals surface area contributed by atoms with Crippen LogP contribution in [-0.2, 0) is 20.2 Å². The lowest BCUT2D eigenvalue weighted by atomic mass is 10.1. The minimum Gasteiger partial charge on any atom is -0.310 e. The van der Waals surface area contributed by atoms with E-state index in [4.69, 9.17) is 0 Å². The SMILES string of the molecule is O=S(=O)(O)C1=NC(S(=O)(=O)O)N(c2ccccc2)C(c2ccccc2)N1c1cccnc1. The number of hydrogen-bond acceptors (Lipinski definition) is 8. The molecular formula is C20H18N4O6S2. The van der Waals surface area contributed by atoms with Gasteiger partial charge in [-0.1, -0.05) is 48.5 Å². The van der Waals surface area contributed by atoms with Gasteiger partial charge in [-0.25, -0.2) is 4.99 Å². The summed E-state index contributed by atoms with van der Waals surface area (Å²) in [5, 5.41) is -0.936. The van der Waals surface area contributed by atoms with Gasteiger partial charge in [-0.05, 0) is 29.8 Å². The molecule has 2 atom stereocenters. The van der Waals surface area contributed by atoms with Gasteiger partial charge in [-0.15, -0.1) is 0 Å². The molecule has 2 heterocycles. The van der Waals surface area contributed by atoms with Crippen molar-refractivity contribution in [2.45, 2.75) is 11.7 Å². The Morgan fingerprint density at radius 1 is 0.781 bits per heavy atom. The molecule has 0 spiro atoms. The van der Waals surface area contributed by atoms with Crippen LogP contribution in [0.1, 0.15) is 11.7 Å². The molecule has 1 aliphatic rings. The molecule has 0 saturated carbocycles. The first-order valence-electron chi connectivity index (χ1n) is 9.27. The van der Waals surface area contributed by atoms with Crippen molar-refractivity contribution in [2.75, 3.05) is 9.80 Å². The van der Waals surface area contributed by atoms with Crippen molar-refractivity contribution >= 4 is 36.8 Å². The highest BCUT2D eigenvalue weighted by Crippen LogP contribution is 2.40. The quantitative estimate of drug-likeness (QED) is 0.546. The van der Waals surface area contributed by atoms with Crippen molar-refractivity contribution in [3.8, 4) is 0 Å². The van der Waals surface area contributed by atoms with E-state index in [1.54, 1.807) is 72.8 Å². The maximum atomic E-state index is 12.4. The Morgan fingerprint density at radius 3 is 1.91 bits per heavy atom. The molecule has 10 nitrogen and oxygen atoms in total. The normalized spacial score (nSPS) is 19.5. The van der Waals surface area contributed by atoms with Crippen molar-refractivity contribution in [3.05, 3.63) is 90.8 Å². The highest BCUT2D eigenvalue weighted by molar-refractivity contribution is 8.01. The number of rotatable bonds is 4. The fourth-order valence-electron chi connectivity index (χ4n) is 3.52. The van der Waals surface area contributed by atoms with Crippen molar-refractivity contribution < 1.29 is 25.9 Å². The predicted molar refractivity (Wildman–Crippen MR) is 119 cm³/mol. The Balaban J connectivity index is 2.10. The number of anilines is 2. The van der Waals surface area contributed by atoms with Crippen LogP contribution in [0.4, 0.5) is 11.4 Å². The summed E-state index contributed by atoms with van der Waals surface area (Å²) in [5.41, 5.74) is -0.992. The molecule has 0 saturated heterocycles. The molecular weight excluding hydrogens is 456 g/mol. The van der Waals surface area contributed by atoms with E-state index in [1.807, 2.05) is 0 Å². The highest BCUT2D eigenvalue weighted by atomic mass is 32.2. The second-order valence-corrected chi connectivity index (χ2v) is 9.60. The third-order valence-electron chi connectivity index (χ3n) is 4.75. The van der Waals surface area contributed by atoms with E-state index in [-0.39, 0.29) is 5.69 Å². The van der Waals surface area contributed by atoms with Crippen LogP contribution in [0.25, 0.3) is 0 Å². The number of amidine groups is 1. The topological polar surface area (TPSA) is 140 Å². The van der Waals surface area contributed by atoms with Crippen molar-refractivity contribution in [3.63, 3.8) is 0 Å². The van der Waals surface area contributed by atoms with Crippen LogP contribution in [-0.4, -0.2) is 41.6 Å². The molecule has 166 valence electrons. The molecule has 0 aliphatic carbocycles. The number of para-hydroxylation sites is 1. The van der Waals surface area contributed by atoms with Gasteiger partial charge in [0, 0.05) is 11.9 Å². The van der Waals surface area contributed by atoms with E-state index >= 15 is 0 Å². The van der Waals surface area contributed by atoms with Gasteiger partial charge in [0.25, 0.3) is 10.7 Å². The zero-order chi connectivity index (χ0) is 22.9. The summed E-state index contributed by atoms with van der Waals surface area (Å²) in [4.78, 5) is 10.2. The summed E-state index contributed by atoms with van der Waals surface area (Å²) in [6.07, 6.45) is 1.70. The molecule has 1 aliphatic heterocycles. The summed E-state index contributed by atoms with van der Waals surface area (Å²) in [6.45, 7) is 0. The summed E-state index contributed by atoms with van der Waals surface area (Å²) in [6, 6.07) is 19.8. The molecule has 32 heavy (non-hydrogen) atoms. The molecule has 0 bridgehead atoms. The third kappa shape index (κ3) is 4.21. The van der Waals surface area contributed by atoms with Gasteiger partial charge in [0.05, 0.1) is 11.9 Å². The van der Waals surface area contributed by atoms with Crippen molar-refractivity contribution in [1.82, 2.24) is 4.98 Å². The lowest BCUT2D eigenvalue weighted by Gasteiger charge is -2.46. The molecule has 2 unspecified atom stereocenters. The Hall–Kier alpha value is -3.32. The second kappa shape index (κ2) is 8.31. The first-order chi connectivity index (χ1) is 15.2. The lowest BCUT2D eigenvalue weighted by Crippen LogP contribution is -2.57. The average molecular weight is 475 g/mol. The first-order valence-corrected chi connectivity index (χ1v) is 12.2. The Bertz CT molecular complexity index is 1330. The molecule has 0 amide bonds. The zero-order valence-corrected chi connectivity index (χ0v) is 18.0. The summed E-state index contributed by atoms with van der Waals surface area (Å²) >= 11 is 0. The fourth-order valence-corrected chi connectivity index (χ4v) is 5.03. The van der Waals surface area contributed by atoms with E-state index in [0.29, 0.717) is 11.3 Å². The summed E-state index contributed by atoms with van der Waals surface area (Å²) < 4.78 is 69.3. The largest absolute Gasteiger partial charge is 0.328 e. The molecule has 2 aromatic carbocycles. The van der Waals surface area contributed by atoms with E-state index in [1.165, 1.54) is 17.3 Å². The lowest BCUT2D eigenvalue weighted by molar-refractivity contribution is 0.450. The number of nitrogens with zero attached hydrogens (tertiary/aromatic N) is 4. The molecule has 4 rings (SSSR count). The maximum Gasteiger partial charge on any atom is 0.328 e. The standard InChI is InChI=1S/C20H18N4O6S2/c25-31(26,27)19-22-20(32(28,29)30)24(17-12-7-13-21-14-17)18(15-8-3-1-4-9-15)23(19)16-10-5-2-6-11-16/h1-14,18-19H,(H,25,26,27)(H,28,29,30). The first kappa shape index (κ1) is 21.9. The highest BCUT2D eigenvalue weighted by Gasteiger charge is 2.47. The van der Waals surface area contributed by atoms with Gasteiger partial charge >= 0.3 is 20.2 Å². The van der Waals surface area contributed by atoms with Crippen LogP contribution in [0, 0.1) is 0 Å². The monoisotopic (exact) mass is 474 g/mol. The summed E-state index contributed by atoms with van der Waals surface area (Å²) in [5.74, 6) is 0. The van der Waals surface area contributed by atoms with Crippen molar-refractivity contribution in [2.24, 2.45) is 4.99 Å². The van der Waals surface area contributed by atoms with E-state index in [0.717, 1.165) is 4.90 Å². The van der Waals surface area contributed by atoms with Crippen LogP contribution in [0.5, 0.6) is 0 Å². The Labute approximate surface area is 185 Å². The van der Waals surface area contributed by atoms with Crippen LogP contribution in [0.2, 0.25) is 0 Å². The number of benzene rings is 2. The van der Waals surface area contributed by atoms with E-state index in [9.17, 15) is 25.9 Å². The number of pyridine rings is 1. The van der Waals surface area contributed by atoms with Crippen LogP contribution in [0.3, 0.4) is 0 Å². The number of aliphatic imine (C=N–C) groups is 1. The van der Waals surface area contributed by atoms with Gasteiger partial charge in [0.15, 0.2) is 0 Å². The second-order valence-electron chi connectivity index (χ2n) is 6.84. The van der Waals surface area contributed by atoms with Crippen molar-refractivity contribution in [1.29, 1.82) is 0 Å². The molecule has 3 aromatic rings. The number of aromatic nitrogens is 1. The zero-order valence-electron chi connectivity index (χ0n) is 16.4. The fraction of sp³-hybridized carbons (Fsp3) is 0.100. The Morgan fingerprint density at radius 2 is 1.38 bits per heavy atom. The smallest absolute Gasteiger partial charge is 0.310 e. The molecule has 2 N–H and O–H groups in total. The van der Waals surface area contributed by atoms with Gasteiger partial charge in [0.1, 0.15) is 6.17 Å². The molecule has 12 heteroatoms. The third-order valence-corrected chi connectivity index (χ3v) is 6.38. The molecule has 0 radical (unpaired) electrons. The van der Waals surface area contributed by atoms with Crippen LogP contribution in [0.15, 0.2) is 90.2 Å². The summed E-state index contributed by atoms with van der Waals surface area (Å²) in [7, 11) is -9.96. The van der Waals surface area contributed by atoms with Crippen LogP contribution < -0.4 is 9.80 Å². The van der Waals surface area contributed by atoms with Gasteiger partial charge in [0.2, 0.25) is 0 Å². The van der Waals surface area contributed by atoms with Gasteiger partial charge in [-0.3, -0.25) is 19.0 Å². The minimum absolute atomic E-state index is 0.229. The van der Waals surface area contributed by atoms with Crippen LogP contribution >= 0.6 is 0 Å². The van der Waals surface area contributed by atoms with E-state index in [2.05, 4.69) is 9.98 Å². The van der Waals surface area contributed by atoms with Gasteiger partial charge < -0.3 is 4.90 Å².